The van der Waals surface area contributed by atoms with Crippen molar-refractivity contribution in [1.29, 1.82) is 0 Å². The van der Waals surface area contributed by atoms with Gasteiger partial charge in [0.25, 0.3) is 0 Å². The number of imidazole rings is 1. The van der Waals surface area contributed by atoms with Gasteiger partial charge in [-0.15, -0.1) is 0 Å². The maximum Gasteiger partial charge on any atom is 0.335 e. The SMILES string of the molecule is O=C(O)c1ccccc1CCc1cc(Cl)ccc1-c1nc2ccccc2n1CC1CCCCC1. The molecule has 3 aromatic carbocycles. The van der Waals surface area contributed by atoms with Crippen LogP contribution in [-0.4, -0.2) is 20.6 Å². The first kappa shape index (κ1) is 22.7. The second kappa shape index (κ2) is 10.0. The quantitative estimate of drug-likeness (QED) is 0.304. The van der Waals surface area contributed by atoms with Gasteiger partial charge in [0.05, 0.1) is 16.6 Å². The highest BCUT2D eigenvalue weighted by atomic mass is 35.5. The summed E-state index contributed by atoms with van der Waals surface area (Å²) in [4.78, 5) is 16.7. The molecule has 1 aliphatic carbocycles. The second-order valence-corrected chi connectivity index (χ2v) is 9.74. The molecular formula is C29H29ClN2O2. The zero-order valence-electron chi connectivity index (χ0n) is 19.2. The van der Waals surface area contributed by atoms with Crippen LogP contribution in [0.4, 0.5) is 0 Å². The Morgan fingerprint density at radius 2 is 1.68 bits per heavy atom. The van der Waals surface area contributed by atoms with Gasteiger partial charge < -0.3 is 9.67 Å². The van der Waals surface area contributed by atoms with Gasteiger partial charge in [0.1, 0.15) is 5.82 Å². The number of aromatic nitrogens is 2. The highest BCUT2D eigenvalue weighted by Gasteiger charge is 2.21. The number of carboxylic acid groups (broad SMARTS) is 1. The summed E-state index contributed by atoms with van der Waals surface area (Å²) in [6, 6.07) is 21.6. The molecule has 0 saturated heterocycles. The van der Waals surface area contributed by atoms with Crippen LogP contribution < -0.4 is 0 Å². The van der Waals surface area contributed by atoms with E-state index in [0.717, 1.165) is 34.6 Å². The number of fused-ring (bicyclic) bond motifs is 1. The maximum atomic E-state index is 11.7. The fourth-order valence-corrected chi connectivity index (χ4v) is 5.49. The highest BCUT2D eigenvalue weighted by Crippen LogP contribution is 2.33. The van der Waals surface area contributed by atoms with Gasteiger partial charge in [0.15, 0.2) is 0 Å². The molecular weight excluding hydrogens is 444 g/mol. The van der Waals surface area contributed by atoms with Crippen LogP contribution >= 0.6 is 11.6 Å². The van der Waals surface area contributed by atoms with Crippen molar-refractivity contribution < 1.29 is 9.90 Å². The van der Waals surface area contributed by atoms with E-state index in [1.807, 2.05) is 30.3 Å². The zero-order chi connectivity index (χ0) is 23.5. The van der Waals surface area contributed by atoms with Crippen LogP contribution in [0.5, 0.6) is 0 Å². The van der Waals surface area contributed by atoms with E-state index in [4.69, 9.17) is 16.6 Å². The minimum atomic E-state index is -0.892. The van der Waals surface area contributed by atoms with E-state index in [1.165, 1.54) is 37.6 Å². The Kier molecular flexibility index (Phi) is 6.68. The van der Waals surface area contributed by atoms with Crippen molar-refractivity contribution in [3.8, 4) is 11.4 Å². The number of hydrogen-bond donors (Lipinski definition) is 1. The van der Waals surface area contributed by atoms with Gasteiger partial charge in [0, 0.05) is 17.1 Å². The normalized spacial score (nSPS) is 14.5. The number of halogens is 1. The predicted octanol–water partition coefficient (Wildman–Crippen LogP) is 7.42. The molecule has 4 nitrogen and oxygen atoms in total. The van der Waals surface area contributed by atoms with Gasteiger partial charge >= 0.3 is 5.97 Å². The summed E-state index contributed by atoms with van der Waals surface area (Å²) in [5.74, 6) is 0.754. The van der Waals surface area contributed by atoms with Crippen LogP contribution in [0.15, 0.2) is 66.7 Å². The molecule has 0 atom stereocenters. The minimum absolute atomic E-state index is 0.357. The van der Waals surface area contributed by atoms with Crippen molar-refractivity contribution in [3.05, 3.63) is 88.4 Å². The molecule has 0 amide bonds. The molecule has 0 unspecified atom stereocenters. The average molecular weight is 473 g/mol. The van der Waals surface area contributed by atoms with E-state index in [2.05, 4.69) is 28.8 Å². The number of benzene rings is 3. The number of hydrogen-bond acceptors (Lipinski definition) is 2. The molecule has 1 saturated carbocycles. The summed E-state index contributed by atoms with van der Waals surface area (Å²) in [5.41, 5.74) is 5.52. The first-order valence-corrected chi connectivity index (χ1v) is 12.5. The van der Waals surface area contributed by atoms with E-state index in [-0.39, 0.29) is 0 Å². The van der Waals surface area contributed by atoms with Crippen molar-refractivity contribution in [2.24, 2.45) is 5.92 Å². The van der Waals surface area contributed by atoms with Crippen molar-refractivity contribution in [3.63, 3.8) is 0 Å². The smallest absolute Gasteiger partial charge is 0.335 e. The Labute approximate surface area is 205 Å². The molecule has 0 aliphatic heterocycles. The van der Waals surface area contributed by atoms with E-state index < -0.39 is 5.97 Å². The van der Waals surface area contributed by atoms with Gasteiger partial charge in [-0.25, -0.2) is 9.78 Å². The highest BCUT2D eigenvalue weighted by molar-refractivity contribution is 6.30. The molecule has 0 bridgehead atoms. The topological polar surface area (TPSA) is 55.1 Å². The summed E-state index contributed by atoms with van der Waals surface area (Å²) in [6.45, 7) is 0.972. The molecule has 174 valence electrons. The van der Waals surface area contributed by atoms with Gasteiger partial charge in [-0.2, -0.15) is 0 Å². The summed E-state index contributed by atoms with van der Waals surface area (Å²) < 4.78 is 2.39. The van der Waals surface area contributed by atoms with Crippen LogP contribution in [0.1, 0.15) is 53.6 Å². The van der Waals surface area contributed by atoms with Gasteiger partial charge in [-0.3, -0.25) is 0 Å². The molecule has 1 aromatic heterocycles. The Hall–Kier alpha value is -3.11. The van der Waals surface area contributed by atoms with E-state index in [1.54, 1.807) is 12.1 Å². The molecule has 1 aliphatic rings. The lowest BCUT2D eigenvalue weighted by Gasteiger charge is -2.23. The second-order valence-electron chi connectivity index (χ2n) is 9.30. The fraction of sp³-hybridized carbons (Fsp3) is 0.310. The lowest BCUT2D eigenvalue weighted by Crippen LogP contribution is -2.15. The number of nitrogens with zero attached hydrogens (tertiary/aromatic N) is 2. The largest absolute Gasteiger partial charge is 0.478 e. The molecule has 4 aromatic rings. The number of rotatable bonds is 7. The third kappa shape index (κ3) is 4.74. The number of aryl methyl sites for hydroxylation is 2. The maximum absolute atomic E-state index is 11.7. The Bertz CT molecular complexity index is 1320. The Balaban J connectivity index is 1.54. The van der Waals surface area contributed by atoms with E-state index >= 15 is 0 Å². The first-order chi connectivity index (χ1) is 16.6. The van der Waals surface area contributed by atoms with Gasteiger partial charge in [-0.1, -0.05) is 61.2 Å². The van der Waals surface area contributed by atoms with Crippen molar-refractivity contribution in [2.45, 2.75) is 51.5 Å². The molecule has 5 heteroatoms. The summed E-state index contributed by atoms with van der Waals surface area (Å²) in [6.07, 6.45) is 7.80. The van der Waals surface area contributed by atoms with Crippen molar-refractivity contribution in [2.75, 3.05) is 0 Å². The summed E-state index contributed by atoms with van der Waals surface area (Å²) in [7, 11) is 0. The molecule has 1 N–H and O–H groups in total. The lowest BCUT2D eigenvalue weighted by molar-refractivity contribution is 0.0695. The molecule has 1 heterocycles. The van der Waals surface area contributed by atoms with Crippen LogP contribution in [0, 0.1) is 5.92 Å². The number of carboxylic acids is 1. The predicted molar refractivity (Wildman–Crippen MR) is 138 cm³/mol. The van der Waals surface area contributed by atoms with Crippen LogP contribution in [0.2, 0.25) is 5.02 Å². The van der Waals surface area contributed by atoms with Gasteiger partial charge in [0.2, 0.25) is 0 Å². The number of para-hydroxylation sites is 2. The van der Waals surface area contributed by atoms with Crippen LogP contribution in [0.25, 0.3) is 22.4 Å². The minimum Gasteiger partial charge on any atom is -0.478 e. The van der Waals surface area contributed by atoms with Crippen molar-refractivity contribution in [1.82, 2.24) is 9.55 Å². The number of aromatic carboxylic acids is 1. The summed E-state index contributed by atoms with van der Waals surface area (Å²) in [5, 5.41) is 10.3. The zero-order valence-corrected chi connectivity index (χ0v) is 20.0. The van der Waals surface area contributed by atoms with E-state index in [9.17, 15) is 9.90 Å². The Morgan fingerprint density at radius 3 is 2.50 bits per heavy atom. The molecule has 34 heavy (non-hydrogen) atoms. The van der Waals surface area contributed by atoms with E-state index in [0.29, 0.717) is 29.3 Å². The molecule has 0 radical (unpaired) electrons. The molecule has 0 spiro atoms. The Morgan fingerprint density at radius 1 is 0.941 bits per heavy atom. The van der Waals surface area contributed by atoms with Gasteiger partial charge in [-0.05, 0) is 79.1 Å². The third-order valence-electron chi connectivity index (χ3n) is 7.04. The third-order valence-corrected chi connectivity index (χ3v) is 7.27. The summed E-state index contributed by atoms with van der Waals surface area (Å²) >= 11 is 6.42. The molecule has 1 fully saturated rings. The van der Waals surface area contributed by atoms with Crippen LogP contribution in [0.3, 0.4) is 0 Å². The molecule has 5 rings (SSSR count). The standard InChI is InChI=1S/C29H29ClN2O2/c30-23-16-17-24(22(18-23)15-14-21-10-4-5-11-25(21)29(33)34)28-31-26-12-6-7-13-27(26)32(28)19-20-8-2-1-3-9-20/h4-7,10-13,16-18,20H,1-3,8-9,14-15,19H2,(H,33,34). The fourth-order valence-electron chi connectivity index (χ4n) is 5.30. The first-order valence-electron chi connectivity index (χ1n) is 12.2. The number of carbonyl (C=O) groups is 1. The lowest BCUT2D eigenvalue weighted by atomic mass is 9.89. The van der Waals surface area contributed by atoms with Crippen molar-refractivity contribution >= 4 is 28.6 Å². The average Bonchev–Trinajstić information content (AvgIpc) is 3.21. The van der Waals surface area contributed by atoms with Crippen LogP contribution in [-0.2, 0) is 19.4 Å². The monoisotopic (exact) mass is 472 g/mol.